The molecule has 0 amide bonds. The standard InChI is InChI=1S/C12H14ClFO2/c1-7-3-4-9(14)10(5-7)16-11-6-8(13)12(11)15-2/h3-5,8,11-12H,6H2,1-2H3. The fourth-order valence-electron chi connectivity index (χ4n) is 1.81. The maximum atomic E-state index is 13.4. The maximum absolute atomic E-state index is 13.4. The van der Waals surface area contributed by atoms with Gasteiger partial charge in [0.15, 0.2) is 11.6 Å². The molecular weight excluding hydrogens is 231 g/mol. The van der Waals surface area contributed by atoms with E-state index in [0.717, 1.165) is 5.56 Å². The summed E-state index contributed by atoms with van der Waals surface area (Å²) in [5.41, 5.74) is 0.965. The van der Waals surface area contributed by atoms with Crippen LogP contribution in [0.4, 0.5) is 4.39 Å². The van der Waals surface area contributed by atoms with Gasteiger partial charge in [-0.05, 0) is 24.6 Å². The summed E-state index contributed by atoms with van der Waals surface area (Å²) in [5, 5.41) is -0.0390. The Bertz CT molecular complexity index is 383. The van der Waals surface area contributed by atoms with Crippen molar-refractivity contribution in [2.24, 2.45) is 0 Å². The minimum Gasteiger partial charge on any atom is -0.485 e. The Balaban J connectivity index is 2.07. The van der Waals surface area contributed by atoms with Gasteiger partial charge in [0.1, 0.15) is 12.2 Å². The Hall–Kier alpha value is -0.800. The molecule has 3 unspecified atom stereocenters. The lowest BCUT2D eigenvalue weighted by atomic mass is 9.91. The molecule has 1 aromatic rings. The molecule has 1 aromatic carbocycles. The van der Waals surface area contributed by atoms with Gasteiger partial charge in [-0.3, -0.25) is 0 Å². The number of hydrogen-bond donors (Lipinski definition) is 0. The van der Waals surface area contributed by atoms with E-state index in [4.69, 9.17) is 21.1 Å². The van der Waals surface area contributed by atoms with Gasteiger partial charge in [0.05, 0.1) is 5.38 Å². The quantitative estimate of drug-likeness (QED) is 0.762. The lowest BCUT2D eigenvalue weighted by Crippen LogP contribution is -2.52. The summed E-state index contributed by atoms with van der Waals surface area (Å²) < 4.78 is 24.1. The average Bonchev–Trinajstić information content (AvgIpc) is 2.23. The molecule has 0 saturated heterocycles. The first-order valence-electron chi connectivity index (χ1n) is 5.21. The summed E-state index contributed by atoms with van der Waals surface area (Å²) in [6.07, 6.45) is 0.387. The molecule has 16 heavy (non-hydrogen) atoms. The molecule has 2 nitrogen and oxygen atoms in total. The van der Waals surface area contributed by atoms with Crippen molar-refractivity contribution in [3.63, 3.8) is 0 Å². The fraction of sp³-hybridized carbons (Fsp3) is 0.500. The Morgan fingerprint density at radius 2 is 2.19 bits per heavy atom. The molecule has 4 heteroatoms. The van der Waals surface area contributed by atoms with Gasteiger partial charge in [-0.2, -0.15) is 0 Å². The van der Waals surface area contributed by atoms with Gasteiger partial charge < -0.3 is 9.47 Å². The first kappa shape index (κ1) is 11.7. The number of benzene rings is 1. The van der Waals surface area contributed by atoms with Gasteiger partial charge in [-0.1, -0.05) is 6.07 Å². The van der Waals surface area contributed by atoms with Gasteiger partial charge >= 0.3 is 0 Å². The molecule has 0 aliphatic heterocycles. The van der Waals surface area contributed by atoms with Gasteiger partial charge in [-0.15, -0.1) is 11.6 Å². The zero-order valence-corrected chi connectivity index (χ0v) is 10.00. The SMILES string of the molecule is COC1C(Cl)CC1Oc1cc(C)ccc1F. The largest absolute Gasteiger partial charge is 0.485 e. The van der Waals surface area contributed by atoms with E-state index in [2.05, 4.69) is 0 Å². The van der Waals surface area contributed by atoms with Crippen LogP contribution in [0.5, 0.6) is 5.75 Å². The molecule has 3 atom stereocenters. The van der Waals surface area contributed by atoms with E-state index in [1.165, 1.54) is 6.07 Å². The first-order valence-corrected chi connectivity index (χ1v) is 5.65. The molecule has 0 bridgehead atoms. The smallest absolute Gasteiger partial charge is 0.165 e. The number of methoxy groups -OCH3 is 1. The summed E-state index contributed by atoms with van der Waals surface area (Å²) in [6.45, 7) is 1.89. The number of rotatable bonds is 3. The Morgan fingerprint density at radius 1 is 1.44 bits per heavy atom. The maximum Gasteiger partial charge on any atom is 0.165 e. The monoisotopic (exact) mass is 244 g/mol. The Kier molecular flexibility index (Phi) is 3.36. The van der Waals surface area contributed by atoms with Crippen LogP contribution in [0.25, 0.3) is 0 Å². The second-order valence-electron chi connectivity index (χ2n) is 4.04. The summed E-state index contributed by atoms with van der Waals surface area (Å²) in [5.74, 6) is -0.0749. The van der Waals surface area contributed by atoms with Crippen molar-refractivity contribution < 1.29 is 13.9 Å². The normalized spacial score (nSPS) is 28.6. The Labute approximate surface area is 99.3 Å². The van der Waals surface area contributed by atoms with E-state index in [0.29, 0.717) is 6.42 Å². The highest BCUT2D eigenvalue weighted by Gasteiger charge is 2.42. The van der Waals surface area contributed by atoms with Crippen molar-refractivity contribution in [3.8, 4) is 5.75 Å². The van der Waals surface area contributed by atoms with E-state index in [9.17, 15) is 4.39 Å². The van der Waals surface area contributed by atoms with Crippen molar-refractivity contribution in [3.05, 3.63) is 29.6 Å². The zero-order chi connectivity index (χ0) is 11.7. The molecule has 1 fully saturated rings. The molecule has 0 aromatic heterocycles. The molecule has 1 aliphatic carbocycles. The molecular formula is C12H14ClFO2. The predicted molar refractivity (Wildman–Crippen MR) is 60.6 cm³/mol. The van der Waals surface area contributed by atoms with Crippen molar-refractivity contribution in [2.75, 3.05) is 7.11 Å². The van der Waals surface area contributed by atoms with Crippen LogP contribution in [0, 0.1) is 12.7 Å². The van der Waals surface area contributed by atoms with Crippen LogP contribution in [0.2, 0.25) is 0 Å². The third-order valence-corrected chi connectivity index (χ3v) is 3.24. The first-order chi connectivity index (χ1) is 7.61. The molecule has 1 aliphatic rings. The highest BCUT2D eigenvalue weighted by Crippen LogP contribution is 2.33. The van der Waals surface area contributed by atoms with Crippen LogP contribution in [0.15, 0.2) is 18.2 Å². The second kappa shape index (κ2) is 4.60. The molecule has 0 heterocycles. The predicted octanol–water partition coefficient (Wildman–Crippen LogP) is 2.91. The van der Waals surface area contributed by atoms with E-state index in [-0.39, 0.29) is 29.2 Å². The lowest BCUT2D eigenvalue weighted by molar-refractivity contribution is -0.0596. The van der Waals surface area contributed by atoms with Crippen LogP contribution in [-0.2, 0) is 4.74 Å². The van der Waals surface area contributed by atoms with Crippen LogP contribution in [0.1, 0.15) is 12.0 Å². The minimum absolute atomic E-state index is 0.0390. The van der Waals surface area contributed by atoms with Crippen molar-refractivity contribution >= 4 is 11.6 Å². The number of ether oxygens (including phenoxy) is 2. The van der Waals surface area contributed by atoms with Gasteiger partial charge in [0.2, 0.25) is 0 Å². The van der Waals surface area contributed by atoms with Crippen molar-refractivity contribution in [2.45, 2.75) is 30.9 Å². The third-order valence-electron chi connectivity index (χ3n) is 2.82. The molecule has 1 saturated carbocycles. The van der Waals surface area contributed by atoms with Crippen LogP contribution < -0.4 is 4.74 Å². The van der Waals surface area contributed by atoms with E-state index in [1.807, 2.05) is 6.92 Å². The van der Waals surface area contributed by atoms with Crippen molar-refractivity contribution in [1.29, 1.82) is 0 Å². The minimum atomic E-state index is -0.349. The third kappa shape index (κ3) is 2.15. The lowest BCUT2D eigenvalue weighted by Gasteiger charge is -2.39. The van der Waals surface area contributed by atoms with E-state index >= 15 is 0 Å². The van der Waals surface area contributed by atoms with Gasteiger partial charge in [0.25, 0.3) is 0 Å². The van der Waals surface area contributed by atoms with Gasteiger partial charge in [-0.25, -0.2) is 4.39 Å². The zero-order valence-electron chi connectivity index (χ0n) is 9.24. The number of aryl methyl sites for hydroxylation is 1. The molecule has 88 valence electrons. The number of hydrogen-bond acceptors (Lipinski definition) is 2. The fourth-order valence-corrected chi connectivity index (χ4v) is 2.25. The summed E-state index contributed by atoms with van der Waals surface area (Å²) in [6, 6.07) is 4.80. The van der Waals surface area contributed by atoms with E-state index in [1.54, 1.807) is 19.2 Å². The second-order valence-corrected chi connectivity index (χ2v) is 4.60. The van der Waals surface area contributed by atoms with E-state index < -0.39 is 0 Å². The number of alkyl halides is 1. The van der Waals surface area contributed by atoms with Crippen LogP contribution in [-0.4, -0.2) is 24.7 Å². The van der Waals surface area contributed by atoms with Crippen molar-refractivity contribution in [1.82, 2.24) is 0 Å². The summed E-state index contributed by atoms with van der Waals surface area (Å²) in [7, 11) is 1.59. The summed E-state index contributed by atoms with van der Waals surface area (Å²) >= 11 is 5.95. The van der Waals surface area contributed by atoms with Crippen LogP contribution in [0.3, 0.4) is 0 Å². The molecule has 0 spiro atoms. The molecule has 2 rings (SSSR count). The number of halogens is 2. The highest BCUT2D eigenvalue weighted by molar-refractivity contribution is 6.21. The molecule has 0 radical (unpaired) electrons. The summed E-state index contributed by atoms with van der Waals surface area (Å²) in [4.78, 5) is 0. The van der Waals surface area contributed by atoms with Gasteiger partial charge in [0, 0.05) is 13.5 Å². The van der Waals surface area contributed by atoms with Crippen LogP contribution >= 0.6 is 11.6 Å². The topological polar surface area (TPSA) is 18.5 Å². The highest BCUT2D eigenvalue weighted by atomic mass is 35.5. The molecule has 0 N–H and O–H groups in total. The average molecular weight is 245 g/mol. The Morgan fingerprint density at radius 3 is 2.81 bits per heavy atom.